The fourth-order valence-corrected chi connectivity index (χ4v) is 2.36. The molecule has 1 amide bonds. The molecule has 0 saturated carbocycles. The lowest BCUT2D eigenvalue weighted by molar-refractivity contribution is -0.111. The molecule has 2 aromatic carbocycles. The number of nitrogens with zero attached hydrogens (tertiary/aromatic N) is 2. The average molecular weight is 317 g/mol. The zero-order valence-electron chi connectivity index (χ0n) is 13.3. The van der Waals surface area contributed by atoms with Gasteiger partial charge in [0.2, 0.25) is 5.91 Å². The van der Waals surface area contributed by atoms with Crippen LogP contribution in [0.1, 0.15) is 11.1 Å². The Morgan fingerprint density at radius 3 is 2.50 bits per heavy atom. The molecule has 0 fully saturated rings. The molecule has 4 heteroatoms. The minimum Gasteiger partial charge on any atom is -0.320 e. The summed E-state index contributed by atoms with van der Waals surface area (Å²) >= 11 is 0. The Morgan fingerprint density at radius 1 is 1.04 bits per heavy atom. The van der Waals surface area contributed by atoms with Crippen LogP contribution >= 0.6 is 0 Å². The molecule has 120 valence electrons. The van der Waals surface area contributed by atoms with Gasteiger partial charge >= 0.3 is 0 Å². The number of carbonyl (C=O) groups excluding carboxylic acids is 1. The van der Waals surface area contributed by atoms with Gasteiger partial charge in [-0.05, 0) is 23.6 Å². The lowest BCUT2D eigenvalue weighted by Gasteiger charge is -2.01. The fraction of sp³-hybridized carbons (Fsp3) is 0.100. The molecule has 1 heterocycles. The molecule has 0 radical (unpaired) electrons. The Bertz CT molecular complexity index is 807. The summed E-state index contributed by atoms with van der Waals surface area (Å²) in [4.78, 5) is 11.9. The van der Waals surface area contributed by atoms with E-state index in [1.165, 1.54) is 11.6 Å². The molecule has 0 aliphatic heterocycles. The van der Waals surface area contributed by atoms with Crippen LogP contribution in [0.15, 0.2) is 79.1 Å². The van der Waals surface area contributed by atoms with Gasteiger partial charge < -0.3 is 5.32 Å². The summed E-state index contributed by atoms with van der Waals surface area (Å²) < 4.78 is 1.84. The first kappa shape index (κ1) is 15.7. The third-order valence-corrected chi connectivity index (χ3v) is 3.60. The summed E-state index contributed by atoms with van der Waals surface area (Å²) in [7, 11) is 0. The van der Waals surface area contributed by atoms with Crippen LogP contribution < -0.4 is 5.32 Å². The maximum atomic E-state index is 11.9. The largest absolute Gasteiger partial charge is 0.320 e. The van der Waals surface area contributed by atoms with Gasteiger partial charge in [-0.15, -0.1) is 0 Å². The molecule has 1 aromatic heterocycles. The Balaban J connectivity index is 1.52. The zero-order chi connectivity index (χ0) is 16.6. The number of nitrogens with one attached hydrogen (secondary N) is 1. The summed E-state index contributed by atoms with van der Waals surface area (Å²) in [5.74, 6) is -0.165. The highest BCUT2D eigenvalue weighted by molar-refractivity contribution is 6.01. The minimum atomic E-state index is -0.165. The number of benzene rings is 2. The molecular weight excluding hydrogens is 298 g/mol. The molecule has 0 unspecified atom stereocenters. The van der Waals surface area contributed by atoms with Crippen molar-refractivity contribution in [2.24, 2.45) is 0 Å². The van der Waals surface area contributed by atoms with Gasteiger partial charge in [0, 0.05) is 18.8 Å². The Morgan fingerprint density at radius 2 is 1.75 bits per heavy atom. The first-order valence-corrected chi connectivity index (χ1v) is 7.90. The van der Waals surface area contributed by atoms with Crippen molar-refractivity contribution in [3.8, 4) is 0 Å². The maximum Gasteiger partial charge on any atom is 0.248 e. The molecule has 3 rings (SSSR count). The summed E-state index contributed by atoms with van der Waals surface area (Å²) in [5.41, 5.74) is 2.96. The van der Waals surface area contributed by atoms with Crippen LogP contribution in [0.3, 0.4) is 0 Å². The maximum absolute atomic E-state index is 11.9. The molecule has 3 aromatic rings. The van der Waals surface area contributed by atoms with Crippen molar-refractivity contribution < 1.29 is 4.79 Å². The van der Waals surface area contributed by atoms with E-state index >= 15 is 0 Å². The van der Waals surface area contributed by atoms with Crippen molar-refractivity contribution >= 4 is 17.7 Å². The predicted molar refractivity (Wildman–Crippen MR) is 96.5 cm³/mol. The van der Waals surface area contributed by atoms with Crippen LogP contribution in [0.2, 0.25) is 0 Å². The van der Waals surface area contributed by atoms with Crippen molar-refractivity contribution in [3.63, 3.8) is 0 Å². The number of rotatable bonds is 6. The summed E-state index contributed by atoms with van der Waals surface area (Å²) in [6, 6.07) is 20.0. The van der Waals surface area contributed by atoms with E-state index in [-0.39, 0.29) is 5.91 Å². The highest BCUT2D eigenvalue weighted by atomic mass is 16.1. The second-order valence-corrected chi connectivity index (χ2v) is 5.46. The summed E-state index contributed by atoms with van der Waals surface area (Å²) in [6.07, 6.45) is 7.73. The molecule has 0 saturated heterocycles. The summed E-state index contributed by atoms with van der Waals surface area (Å²) in [5, 5.41) is 7.10. The van der Waals surface area contributed by atoms with Crippen LogP contribution in [0.4, 0.5) is 5.69 Å². The predicted octanol–water partition coefficient (Wildman–Crippen LogP) is 3.78. The average Bonchev–Trinajstić information content (AvgIpc) is 3.07. The van der Waals surface area contributed by atoms with Gasteiger partial charge in [-0.1, -0.05) is 60.7 Å². The molecule has 0 atom stereocenters. The number of hydrogen-bond acceptors (Lipinski definition) is 2. The van der Waals surface area contributed by atoms with Crippen molar-refractivity contribution in [2.45, 2.75) is 13.0 Å². The summed E-state index contributed by atoms with van der Waals surface area (Å²) in [6.45, 7) is 0.778. The number of aryl methyl sites for hydroxylation is 2. The van der Waals surface area contributed by atoms with Crippen molar-refractivity contribution in [3.05, 3.63) is 90.3 Å². The fourth-order valence-electron chi connectivity index (χ4n) is 2.36. The zero-order valence-corrected chi connectivity index (χ0v) is 13.3. The Kier molecular flexibility index (Phi) is 5.20. The van der Waals surface area contributed by atoms with Crippen LogP contribution in [0.5, 0.6) is 0 Å². The van der Waals surface area contributed by atoms with E-state index in [9.17, 15) is 4.79 Å². The van der Waals surface area contributed by atoms with Crippen molar-refractivity contribution in [2.75, 3.05) is 5.32 Å². The van der Waals surface area contributed by atoms with Gasteiger partial charge in [0.15, 0.2) is 0 Å². The lowest BCUT2D eigenvalue weighted by atomic mass is 10.1. The standard InChI is InChI=1S/C20H19N3O/c24-20(12-11-17-7-3-1-4-8-17)22-19-15-21-23(16-19)14-13-18-9-5-2-6-10-18/h1-12,15-16H,13-14H2,(H,22,24)/b12-11+. The molecule has 0 bridgehead atoms. The van der Waals surface area contributed by atoms with Gasteiger partial charge in [0.25, 0.3) is 0 Å². The van der Waals surface area contributed by atoms with E-state index in [1.54, 1.807) is 12.3 Å². The van der Waals surface area contributed by atoms with Crippen LogP contribution in [-0.4, -0.2) is 15.7 Å². The van der Waals surface area contributed by atoms with Crippen LogP contribution in [-0.2, 0) is 17.8 Å². The third kappa shape index (κ3) is 4.68. The van der Waals surface area contributed by atoms with E-state index in [2.05, 4.69) is 22.5 Å². The molecule has 24 heavy (non-hydrogen) atoms. The Labute approximate surface area is 141 Å². The van der Waals surface area contributed by atoms with E-state index in [4.69, 9.17) is 0 Å². The Hall–Kier alpha value is -3.14. The van der Waals surface area contributed by atoms with Crippen molar-refractivity contribution in [1.82, 2.24) is 9.78 Å². The van der Waals surface area contributed by atoms with Gasteiger partial charge in [-0.2, -0.15) is 5.10 Å². The SMILES string of the molecule is O=C(/C=C/c1ccccc1)Nc1cnn(CCc2ccccc2)c1. The van der Waals surface area contributed by atoms with Crippen LogP contribution in [0, 0.1) is 0 Å². The number of carbonyl (C=O) groups is 1. The minimum absolute atomic E-state index is 0.165. The highest BCUT2D eigenvalue weighted by Crippen LogP contribution is 2.08. The lowest BCUT2D eigenvalue weighted by Crippen LogP contribution is -2.07. The first-order valence-electron chi connectivity index (χ1n) is 7.90. The molecule has 4 nitrogen and oxygen atoms in total. The smallest absolute Gasteiger partial charge is 0.248 e. The molecule has 0 aliphatic rings. The molecule has 1 N–H and O–H groups in total. The van der Waals surface area contributed by atoms with E-state index in [0.29, 0.717) is 5.69 Å². The number of amides is 1. The third-order valence-electron chi connectivity index (χ3n) is 3.60. The van der Waals surface area contributed by atoms with Gasteiger partial charge in [0.1, 0.15) is 0 Å². The van der Waals surface area contributed by atoms with E-state index in [0.717, 1.165) is 18.5 Å². The van der Waals surface area contributed by atoms with Crippen molar-refractivity contribution in [1.29, 1.82) is 0 Å². The van der Waals surface area contributed by atoms with Crippen LogP contribution in [0.25, 0.3) is 6.08 Å². The normalized spacial score (nSPS) is 10.8. The monoisotopic (exact) mass is 317 g/mol. The molecule has 0 aliphatic carbocycles. The topological polar surface area (TPSA) is 46.9 Å². The van der Waals surface area contributed by atoms with Gasteiger partial charge in [0.05, 0.1) is 11.9 Å². The number of anilines is 1. The molecular formula is C20H19N3O. The van der Waals surface area contributed by atoms with Gasteiger partial charge in [-0.3, -0.25) is 9.48 Å². The highest BCUT2D eigenvalue weighted by Gasteiger charge is 2.02. The van der Waals surface area contributed by atoms with E-state index < -0.39 is 0 Å². The van der Waals surface area contributed by atoms with Gasteiger partial charge in [-0.25, -0.2) is 0 Å². The molecule has 0 spiro atoms. The van der Waals surface area contributed by atoms with E-state index in [1.807, 2.05) is 59.4 Å². The number of aromatic nitrogens is 2. The quantitative estimate of drug-likeness (QED) is 0.703. The first-order chi connectivity index (χ1) is 11.8. The number of hydrogen-bond donors (Lipinski definition) is 1. The second-order valence-electron chi connectivity index (χ2n) is 5.46. The second kappa shape index (κ2) is 7.92.